The Bertz CT molecular complexity index is 546. The lowest BCUT2D eigenvalue weighted by molar-refractivity contribution is -0.142. The second-order valence-corrected chi connectivity index (χ2v) is 7.52. The summed E-state index contributed by atoms with van der Waals surface area (Å²) in [6.45, 7) is 5.98. The highest BCUT2D eigenvalue weighted by Crippen LogP contribution is 2.31. The van der Waals surface area contributed by atoms with Gasteiger partial charge in [0.1, 0.15) is 5.54 Å². The van der Waals surface area contributed by atoms with Gasteiger partial charge >= 0.3 is 0 Å². The lowest BCUT2D eigenvalue weighted by Gasteiger charge is -2.39. The van der Waals surface area contributed by atoms with Crippen LogP contribution in [0.15, 0.2) is 18.5 Å². The van der Waals surface area contributed by atoms with Crippen LogP contribution in [-0.4, -0.2) is 70.8 Å². The maximum absolute atomic E-state index is 13.5. The molecule has 0 saturated carbocycles. The number of piperidine rings is 2. The molecule has 0 spiro atoms. The van der Waals surface area contributed by atoms with Crippen molar-refractivity contribution in [1.29, 1.82) is 0 Å². The van der Waals surface area contributed by atoms with Gasteiger partial charge in [0.2, 0.25) is 0 Å². The van der Waals surface area contributed by atoms with E-state index in [1.807, 2.05) is 16.9 Å². The van der Waals surface area contributed by atoms with Gasteiger partial charge in [0.15, 0.2) is 0 Å². The summed E-state index contributed by atoms with van der Waals surface area (Å²) in [7, 11) is 0. The van der Waals surface area contributed by atoms with E-state index in [9.17, 15) is 4.79 Å². The molecule has 132 valence electrons. The van der Waals surface area contributed by atoms with Crippen molar-refractivity contribution in [2.24, 2.45) is 0 Å². The molecule has 4 heterocycles. The van der Waals surface area contributed by atoms with Crippen molar-refractivity contribution >= 4 is 5.91 Å². The predicted octanol–water partition coefficient (Wildman–Crippen LogP) is 1.05. The van der Waals surface area contributed by atoms with Gasteiger partial charge in [-0.1, -0.05) is 6.42 Å². The first-order chi connectivity index (χ1) is 11.8. The Hall–Kier alpha value is -1.40. The van der Waals surface area contributed by atoms with Gasteiger partial charge in [-0.2, -0.15) is 5.10 Å². The van der Waals surface area contributed by atoms with Gasteiger partial charge in [0, 0.05) is 31.5 Å². The molecule has 1 atom stereocenters. The number of aromatic nitrogens is 2. The molecule has 1 N–H and O–H groups in total. The summed E-state index contributed by atoms with van der Waals surface area (Å²) in [5, 5.41) is 7.83. The van der Waals surface area contributed by atoms with Crippen molar-refractivity contribution in [2.75, 3.05) is 39.3 Å². The topological polar surface area (TPSA) is 53.4 Å². The minimum Gasteiger partial charge on any atom is -0.339 e. The van der Waals surface area contributed by atoms with Gasteiger partial charge in [-0.3, -0.25) is 14.4 Å². The SMILES string of the molecule is O=C(N1CCC(N2CCCCC2)C1)C1(n2cccn2)CCNCC1. The van der Waals surface area contributed by atoms with Gasteiger partial charge in [0.25, 0.3) is 5.91 Å². The third-order valence-corrected chi connectivity index (χ3v) is 6.13. The molecule has 1 unspecified atom stereocenters. The van der Waals surface area contributed by atoms with E-state index in [-0.39, 0.29) is 5.91 Å². The molecule has 1 aromatic rings. The Morgan fingerprint density at radius 2 is 1.92 bits per heavy atom. The maximum atomic E-state index is 13.5. The molecule has 1 aromatic heterocycles. The summed E-state index contributed by atoms with van der Waals surface area (Å²) in [5.74, 6) is 0.284. The molecule has 0 aromatic carbocycles. The predicted molar refractivity (Wildman–Crippen MR) is 92.7 cm³/mol. The lowest BCUT2D eigenvalue weighted by Crippen LogP contribution is -2.55. The summed E-state index contributed by atoms with van der Waals surface area (Å²) >= 11 is 0. The summed E-state index contributed by atoms with van der Waals surface area (Å²) in [6.07, 6.45) is 10.5. The van der Waals surface area contributed by atoms with Crippen LogP contribution in [0.2, 0.25) is 0 Å². The summed E-state index contributed by atoms with van der Waals surface area (Å²) in [6, 6.07) is 2.49. The first-order valence-corrected chi connectivity index (χ1v) is 9.54. The van der Waals surface area contributed by atoms with Crippen molar-refractivity contribution in [3.63, 3.8) is 0 Å². The Labute approximate surface area is 144 Å². The number of nitrogens with zero attached hydrogens (tertiary/aromatic N) is 4. The Morgan fingerprint density at radius 3 is 2.62 bits per heavy atom. The normalized spacial score (nSPS) is 28.2. The molecule has 1 amide bonds. The second kappa shape index (κ2) is 6.84. The molecule has 0 bridgehead atoms. The zero-order chi connectivity index (χ0) is 16.4. The van der Waals surface area contributed by atoms with Gasteiger partial charge in [-0.25, -0.2) is 0 Å². The number of hydrogen-bond acceptors (Lipinski definition) is 4. The van der Waals surface area contributed by atoms with E-state index < -0.39 is 5.54 Å². The molecule has 3 aliphatic heterocycles. The third kappa shape index (κ3) is 2.86. The quantitative estimate of drug-likeness (QED) is 0.899. The fourth-order valence-corrected chi connectivity index (χ4v) is 4.71. The summed E-state index contributed by atoms with van der Waals surface area (Å²) < 4.78 is 1.92. The van der Waals surface area contributed by atoms with Crippen molar-refractivity contribution in [3.05, 3.63) is 18.5 Å². The Kier molecular flexibility index (Phi) is 4.59. The average molecular weight is 331 g/mol. The molecule has 3 fully saturated rings. The molecule has 0 radical (unpaired) electrons. The number of likely N-dealkylation sites (tertiary alicyclic amines) is 2. The van der Waals surface area contributed by atoms with Gasteiger partial charge in [-0.05, 0) is 64.3 Å². The largest absolute Gasteiger partial charge is 0.339 e. The van der Waals surface area contributed by atoms with Crippen LogP contribution in [0.4, 0.5) is 0 Å². The van der Waals surface area contributed by atoms with Gasteiger partial charge in [-0.15, -0.1) is 0 Å². The Balaban J connectivity index is 1.49. The fourth-order valence-electron chi connectivity index (χ4n) is 4.71. The van der Waals surface area contributed by atoms with Crippen LogP contribution in [0.3, 0.4) is 0 Å². The lowest BCUT2D eigenvalue weighted by atomic mass is 9.87. The standard InChI is InChI=1S/C18H29N5O/c24-17(18(6-9-19-10-7-18)23-13-4-8-20-23)22-14-5-16(15-22)21-11-2-1-3-12-21/h4,8,13,16,19H,1-3,5-7,9-12,14-15H2. The fraction of sp³-hybridized carbons (Fsp3) is 0.778. The summed E-state index contributed by atoms with van der Waals surface area (Å²) in [5.41, 5.74) is -0.481. The van der Waals surface area contributed by atoms with Crippen LogP contribution < -0.4 is 5.32 Å². The molecule has 6 heteroatoms. The van der Waals surface area contributed by atoms with Crippen molar-refractivity contribution in [1.82, 2.24) is 24.9 Å². The summed E-state index contributed by atoms with van der Waals surface area (Å²) in [4.78, 5) is 18.2. The van der Waals surface area contributed by atoms with E-state index in [0.29, 0.717) is 6.04 Å². The molecule has 4 rings (SSSR count). The highest BCUT2D eigenvalue weighted by atomic mass is 16.2. The second-order valence-electron chi connectivity index (χ2n) is 7.52. The third-order valence-electron chi connectivity index (χ3n) is 6.13. The molecule has 24 heavy (non-hydrogen) atoms. The Morgan fingerprint density at radius 1 is 1.12 bits per heavy atom. The number of hydrogen-bond donors (Lipinski definition) is 1. The van der Waals surface area contributed by atoms with E-state index in [4.69, 9.17) is 0 Å². The molecular formula is C18H29N5O. The van der Waals surface area contributed by atoms with Crippen LogP contribution in [0.25, 0.3) is 0 Å². The minimum atomic E-state index is -0.481. The molecule has 6 nitrogen and oxygen atoms in total. The van der Waals surface area contributed by atoms with Crippen molar-refractivity contribution in [3.8, 4) is 0 Å². The highest BCUT2D eigenvalue weighted by Gasteiger charge is 2.46. The van der Waals surface area contributed by atoms with Crippen LogP contribution in [0, 0.1) is 0 Å². The van der Waals surface area contributed by atoms with E-state index >= 15 is 0 Å². The van der Waals surface area contributed by atoms with Crippen LogP contribution >= 0.6 is 0 Å². The van der Waals surface area contributed by atoms with Crippen molar-refractivity contribution in [2.45, 2.75) is 50.1 Å². The van der Waals surface area contributed by atoms with Gasteiger partial charge in [0.05, 0.1) is 0 Å². The van der Waals surface area contributed by atoms with Crippen LogP contribution in [0.1, 0.15) is 38.5 Å². The first kappa shape index (κ1) is 16.1. The van der Waals surface area contributed by atoms with Crippen LogP contribution in [-0.2, 0) is 10.3 Å². The zero-order valence-electron chi connectivity index (χ0n) is 14.5. The number of carbonyl (C=O) groups is 1. The monoisotopic (exact) mass is 331 g/mol. The molecule has 3 saturated heterocycles. The van der Waals surface area contributed by atoms with Crippen molar-refractivity contribution < 1.29 is 4.79 Å². The van der Waals surface area contributed by atoms with Crippen LogP contribution in [0.5, 0.6) is 0 Å². The maximum Gasteiger partial charge on any atom is 0.250 e. The van der Waals surface area contributed by atoms with E-state index in [2.05, 4.69) is 20.2 Å². The van der Waals surface area contributed by atoms with Gasteiger partial charge < -0.3 is 10.2 Å². The average Bonchev–Trinajstić information content (AvgIpc) is 3.34. The molecule has 3 aliphatic rings. The first-order valence-electron chi connectivity index (χ1n) is 9.54. The highest BCUT2D eigenvalue weighted by molar-refractivity contribution is 5.85. The number of amides is 1. The molecular weight excluding hydrogens is 302 g/mol. The molecule has 0 aliphatic carbocycles. The minimum absolute atomic E-state index is 0.284. The van der Waals surface area contributed by atoms with E-state index in [0.717, 1.165) is 45.4 Å². The number of carbonyl (C=O) groups excluding carboxylic acids is 1. The van der Waals surface area contributed by atoms with E-state index in [1.54, 1.807) is 6.20 Å². The zero-order valence-corrected chi connectivity index (χ0v) is 14.5. The smallest absolute Gasteiger partial charge is 0.250 e. The number of nitrogens with one attached hydrogen (secondary N) is 1. The van der Waals surface area contributed by atoms with E-state index in [1.165, 1.54) is 32.4 Å². The number of rotatable bonds is 3.